The maximum Gasteiger partial charge on any atom is 0.256 e. The van der Waals surface area contributed by atoms with Crippen molar-refractivity contribution in [2.24, 2.45) is 0 Å². The van der Waals surface area contributed by atoms with Crippen LogP contribution >= 0.6 is 23.4 Å². The Hall–Kier alpha value is -2.96. The predicted octanol–water partition coefficient (Wildman–Crippen LogP) is 5.28. The van der Waals surface area contributed by atoms with Crippen LogP contribution in [0.1, 0.15) is 15.9 Å². The Bertz CT molecular complexity index is 1140. The lowest BCUT2D eigenvalue weighted by atomic mass is 10.2. The molecule has 0 saturated heterocycles. The third kappa shape index (κ3) is 4.70. The first-order chi connectivity index (χ1) is 15.1. The van der Waals surface area contributed by atoms with Crippen molar-refractivity contribution in [3.05, 3.63) is 82.9 Å². The number of nitrogens with one attached hydrogen (secondary N) is 1. The van der Waals surface area contributed by atoms with Crippen LogP contribution in [0.4, 0.5) is 11.4 Å². The lowest BCUT2D eigenvalue weighted by Crippen LogP contribution is -2.30. The molecule has 0 aliphatic carbocycles. The van der Waals surface area contributed by atoms with Crippen molar-refractivity contribution < 1.29 is 14.3 Å². The molecule has 1 aliphatic rings. The molecule has 3 aromatic carbocycles. The van der Waals surface area contributed by atoms with Crippen molar-refractivity contribution in [1.82, 2.24) is 0 Å². The van der Waals surface area contributed by atoms with E-state index in [0.717, 1.165) is 17.0 Å². The molecule has 0 saturated carbocycles. The highest BCUT2D eigenvalue weighted by molar-refractivity contribution is 8.00. The van der Waals surface area contributed by atoms with Gasteiger partial charge in [-0.15, -0.1) is 11.8 Å². The molecule has 1 heterocycles. The monoisotopic (exact) mass is 452 g/mol. The summed E-state index contributed by atoms with van der Waals surface area (Å²) in [4.78, 5) is 28.3. The van der Waals surface area contributed by atoms with Crippen molar-refractivity contribution >= 4 is 46.6 Å². The van der Waals surface area contributed by atoms with Gasteiger partial charge in [-0.05, 0) is 48.4 Å². The molecule has 1 N–H and O–H groups in total. The van der Waals surface area contributed by atoms with E-state index in [1.165, 1.54) is 24.4 Å². The molecule has 0 aromatic heterocycles. The van der Waals surface area contributed by atoms with Gasteiger partial charge in [-0.1, -0.05) is 41.9 Å². The van der Waals surface area contributed by atoms with E-state index in [9.17, 15) is 9.59 Å². The van der Waals surface area contributed by atoms with Crippen LogP contribution < -0.4 is 15.0 Å². The minimum absolute atomic E-state index is 0.0343. The lowest BCUT2D eigenvalue weighted by Gasteiger charge is -2.17. The SMILES string of the molecule is COc1ccc(NC(=O)c2ccccc2SCC(=O)N2CCc3ccccc32)cc1Cl. The zero-order valence-corrected chi connectivity index (χ0v) is 18.5. The van der Waals surface area contributed by atoms with E-state index < -0.39 is 0 Å². The minimum atomic E-state index is -0.261. The van der Waals surface area contributed by atoms with Crippen molar-refractivity contribution in [1.29, 1.82) is 0 Å². The number of rotatable bonds is 6. The number of carbonyl (C=O) groups is 2. The van der Waals surface area contributed by atoms with Gasteiger partial charge in [0.05, 0.1) is 23.4 Å². The standard InChI is InChI=1S/C24H21ClN2O3S/c1-30-21-11-10-17(14-19(21)25)26-24(29)18-7-3-5-9-22(18)31-15-23(28)27-13-12-16-6-2-4-8-20(16)27/h2-11,14H,12-13,15H2,1H3,(H,26,29). The van der Waals surface area contributed by atoms with Gasteiger partial charge in [0.15, 0.2) is 0 Å². The van der Waals surface area contributed by atoms with Crippen molar-refractivity contribution in [3.63, 3.8) is 0 Å². The summed E-state index contributed by atoms with van der Waals surface area (Å²) in [6.45, 7) is 0.694. The van der Waals surface area contributed by atoms with E-state index in [-0.39, 0.29) is 17.6 Å². The van der Waals surface area contributed by atoms with E-state index >= 15 is 0 Å². The van der Waals surface area contributed by atoms with E-state index in [1.54, 1.807) is 30.3 Å². The molecule has 1 aliphatic heterocycles. The number of hydrogen-bond donors (Lipinski definition) is 1. The van der Waals surface area contributed by atoms with Crippen molar-refractivity contribution in [3.8, 4) is 5.75 Å². The van der Waals surface area contributed by atoms with Crippen LogP contribution in [-0.4, -0.2) is 31.2 Å². The van der Waals surface area contributed by atoms with Gasteiger partial charge in [-0.2, -0.15) is 0 Å². The fourth-order valence-corrected chi connectivity index (χ4v) is 4.72. The maximum atomic E-state index is 12.9. The summed E-state index contributed by atoms with van der Waals surface area (Å²) in [6, 6.07) is 20.3. The summed E-state index contributed by atoms with van der Waals surface area (Å²) in [6.07, 6.45) is 0.871. The second kappa shape index (κ2) is 9.45. The normalized spacial score (nSPS) is 12.4. The summed E-state index contributed by atoms with van der Waals surface area (Å²) in [5, 5.41) is 3.28. The summed E-state index contributed by atoms with van der Waals surface area (Å²) in [5.41, 5.74) is 3.25. The Morgan fingerprint density at radius 1 is 1.10 bits per heavy atom. The van der Waals surface area contributed by atoms with Gasteiger partial charge in [0.25, 0.3) is 5.91 Å². The number of para-hydroxylation sites is 1. The fraction of sp³-hybridized carbons (Fsp3) is 0.167. The molecule has 0 unspecified atom stereocenters. The fourth-order valence-electron chi connectivity index (χ4n) is 3.54. The number of nitrogens with zero attached hydrogens (tertiary/aromatic N) is 1. The number of hydrogen-bond acceptors (Lipinski definition) is 4. The number of anilines is 2. The Kier molecular flexibility index (Phi) is 6.49. The summed E-state index contributed by atoms with van der Waals surface area (Å²) in [5.74, 6) is 0.570. The maximum absolute atomic E-state index is 12.9. The van der Waals surface area contributed by atoms with E-state index in [2.05, 4.69) is 11.4 Å². The smallest absolute Gasteiger partial charge is 0.256 e. The molecule has 2 amide bonds. The number of methoxy groups -OCH3 is 1. The average Bonchev–Trinajstić information content (AvgIpc) is 3.22. The van der Waals surface area contributed by atoms with E-state index in [1.807, 2.05) is 35.2 Å². The quantitative estimate of drug-likeness (QED) is 0.517. The highest BCUT2D eigenvalue weighted by Crippen LogP contribution is 2.31. The molecule has 0 atom stereocenters. The van der Waals surface area contributed by atoms with Gasteiger partial charge in [0, 0.05) is 22.8 Å². The van der Waals surface area contributed by atoms with Crippen molar-refractivity contribution in [2.45, 2.75) is 11.3 Å². The number of amides is 2. The molecular formula is C24H21ClN2O3S. The third-order valence-electron chi connectivity index (χ3n) is 5.08. The van der Waals surface area contributed by atoms with Gasteiger partial charge in [-0.3, -0.25) is 9.59 Å². The molecule has 158 valence electrons. The van der Waals surface area contributed by atoms with Crippen LogP contribution in [0.25, 0.3) is 0 Å². The molecule has 3 aromatic rings. The molecule has 5 nitrogen and oxygen atoms in total. The van der Waals surface area contributed by atoms with Gasteiger partial charge < -0.3 is 15.0 Å². The van der Waals surface area contributed by atoms with Crippen molar-refractivity contribution in [2.75, 3.05) is 29.6 Å². The van der Waals surface area contributed by atoms with Gasteiger partial charge in [-0.25, -0.2) is 0 Å². The second-order valence-corrected chi connectivity index (χ2v) is 8.44. The molecule has 0 fully saturated rings. The second-order valence-electron chi connectivity index (χ2n) is 7.01. The number of thioether (sulfide) groups is 1. The topological polar surface area (TPSA) is 58.6 Å². The van der Waals surface area contributed by atoms with Crippen LogP contribution in [-0.2, 0) is 11.2 Å². The zero-order chi connectivity index (χ0) is 21.8. The van der Waals surface area contributed by atoms with Crippen LogP contribution in [0.15, 0.2) is 71.6 Å². The number of halogens is 1. The van der Waals surface area contributed by atoms with Gasteiger partial charge in [0.1, 0.15) is 5.75 Å². The lowest BCUT2D eigenvalue weighted by molar-refractivity contribution is -0.116. The Balaban J connectivity index is 1.44. The summed E-state index contributed by atoms with van der Waals surface area (Å²) in [7, 11) is 1.54. The number of carbonyl (C=O) groups excluding carboxylic acids is 2. The zero-order valence-electron chi connectivity index (χ0n) is 16.9. The Morgan fingerprint density at radius 3 is 2.68 bits per heavy atom. The Labute approximate surface area is 190 Å². The number of fused-ring (bicyclic) bond motifs is 1. The molecule has 0 radical (unpaired) electrons. The van der Waals surface area contributed by atoms with Gasteiger partial charge in [0.2, 0.25) is 5.91 Å². The highest BCUT2D eigenvalue weighted by atomic mass is 35.5. The van der Waals surface area contributed by atoms with Crippen LogP contribution in [0.5, 0.6) is 5.75 Å². The van der Waals surface area contributed by atoms with Crippen LogP contribution in [0.2, 0.25) is 5.02 Å². The first-order valence-electron chi connectivity index (χ1n) is 9.82. The number of ether oxygens (including phenoxy) is 1. The average molecular weight is 453 g/mol. The molecule has 7 heteroatoms. The van der Waals surface area contributed by atoms with E-state index in [4.69, 9.17) is 16.3 Å². The highest BCUT2D eigenvalue weighted by Gasteiger charge is 2.24. The van der Waals surface area contributed by atoms with Crippen LogP contribution in [0, 0.1) is 0 Å². The Morgan fingerprint density at radius 2 is 1.87 bits per heavy atom. The predicted molar refractivity (Wildman–Crippen MR) is 126 cm³/mol. The summed E-state index contributed by atoms with van der Waals surface area (Å²) >= 11 is 7.52. The third-order valence-corrected chi connectivity index (χ3v) is 6.43. The van der Waals surface area contributed by atoms with Gasteiger partial charge >= 0.3 is 0 Å². The largest absolute Gasteiger partial charge is 0.495 e. The minimum Gasteiger partial charge on any atom is -0.495 e. The molecular weight excluding hydrogens is 432 g/mol. The molecule has 4 rings (SSSR count). The molecule has 0 bridgehead atoms. The van der Waals surface area contributed by atoms with Crippen LogP contribution in [0.3, 0.4) is 0 Å². The first kappa shape index (κ1) is 21.3. The first-order valence-corrected chi connectivity index (χ1v) is 11.2. The number of benzene rings is 3. The van der Waals surface area contributed by atoms with E-state index in [0.29, 0.717) is 28.6 Å². The summed E-state index contributed by atoms with van der Waals surface area (Å²) < 4.78 is 5.14. The molecule has 0 spiro atoms. The molecule has 31 heavy (non-hydrogen) atoms.